The highest BCUT2D eigenvalue weighted by molar-refractivity contribution is 6.30. The normalized spacial score (nSPS) is 10.1. The summed E-state index contributed by atoms with van der Waals surface area (Å²) < 4.78 is 0. The summed E-state index contributed by atoms with van der Waals surface area (Å²) >= 11 is 5.89. The largest absolute Gasteiger partial charge is 0.373 e. The summed E-state index contributed by atoms with van der Waals surface area (Å²) in [4.78, 5) is 21.9. The molecule has 0 aromatic carbocycles. The van der Waals surface area contributed by atoms with Crippen molar-refractivity contribution in [1.82, 2.24) is 9.97 Å². The van der Waals surface area contributed by atoms with Gasteiger partial charge in [0.15, 0.2) is 0 Å². The average Bonchev–Trinajstić information content (AvgIpc) is 2.46. The SMILES string of the molecule is CNc1cc(C(=O)N(C)c2ccncc2)cc(Cl)n1. The van der Waals surface area contributed by atoms with Crippen LogP contribution in [0.2, 0.25) is 5.15 Å². The Balaban J connectivity index is 2.31. The zero-order chi connectivity index (χ0) is 13.8. The molecule has 0 bridgehead atoms. The van der Waals surface area contributed by atoms with E-state index in [2.05, 4.69) is 15.3 Å². The van der Waals surface area contributed by atoms with Crippen LogP contribution in [0.3, 0.4) is 0 Å². The van der Waals surface area contributed by atoms with Crippen LogP contribution in [0.25, 0.3) is 0 Å². The number of hydrogen-bond acceptors (Lipinski definition) is 4. The number of amides is 1. The molecule has 0 atom stereocenters. The summed E-state index contributed by atoms with van der Waals surface area (Å²) in [5, 5.41) is 3.14. The summed E-state index contributed by atoms with van der Waals surface area (Å²) in [7, 11) is 3.42. The van der Waals surface area contributed by atoms with E-state index in [0.29, 0.717) is 11.4 Å². The third-order valence-electron chi connectivity index (χ3n) is 2.65. The number of hydrogen-bond donors (Lipinski definition) is 1. The lowest BCUT2D eigenvalue weighted by atomic mass is 10.2. The Morgan fingerprint density at radius 3 is 2.63 bits per heavy atom. The second kappa shape index (κ2) is 5.67. The van der Waals surface area contributed by atoms with E-state index < -0.39 is 0 Å². The van der Waals surface area contributed by atoms with Crippen LogP contribution in [0.4, 0.5) is 11.5 Å². The maximum absolute atomic E-state index is 12.4. The van der Waals surface area contributed by atoms with Crippen molar-refractivity contribution in [3.8, 4) is 0 Å². The molecule has 0 saturated heterocycles. The lowest BCUT2D eigenvalue weighted by Gasteiger charge is -2.17. The van der Waals surface area contributed by atoms with Gasteiger partial charge >= 0.3 is 0 Å². The first-order chi connectivity index (χ1) is 9.11. The van der Waals surface area contributed by atoms with Crippen molar-refractivity contribution in [3.63, 3.8) is 0 Å². The van der Waals surface area contributed by atoms with E-state index in [-0.39, 0.29) is 11.1 Å². The Kier molecular flexibility index (Phi) is 3.97. The molecule has 0 saturated carbocycles. The first kappa shape index (κ1) is 13.3. The minimum atomic E-state index is -0.160. The predicted octanol–water partition coefficient (Wildman–Crippen LogP) is 2.45. The minimum Gasteiger partial charge on any atom is -0.373 e. The van der Waals surface area contributed by atoms with Crippen LogP contribution in [0.1, 0.15) is 10.4 Å². The van der Waals surface area contributed by atoms with Gasteiger partial charge < -0.3 is 10.2 Å². The standard InChI is InChI=1S/C13H13ClN4O/c1-15-12-8-9(7-11(14)17-12)13(19)18(2)10-3-5-16-6-4-10/h3-8H,1-2H3,(H,15,17). The van der Waals surface area contributed by atoms with Gasteiger partial charge in [-0.05, 0) is 24.3 Å². The van der Waals surface area contributed by atoms with E-state index >= 15 is 0 Å². The number of rotatable bonds is 3. The van der Waals surface area contributed by atoms with Crippen molar-refractivity contribution >= 4 is 29.0 Å². The molecule has 2 aromatic heterocycles. The van der Waals surface area contributed by atoms with Crippen molar-refractivity contribution in [2.45, 2.75) is 0 Å². The molecule has 2 rings (SSSR count). The highest BCUT2D eigenvalue weighted by Crippen LogP contribution is 2.18. The zero-order valence-electron chi connectivity index (χ0n) is 10.6. The summed E-state index contributed by atoms with van der Waals surface area (Å²) in [5.74, 6) is 0.394. The van der Waals surface area contributed by atoms with E-state index in [4.69, 9.17) is 11.6 Å². The number of nitrogens with one attached hydrogen (secondary N) is 1. The molecular weight excluding hydrogens is 264 g/mol. The van der Waals surface area contributed by atoms with Crippen LogP contribution in [-0.2, 0) is 0 Å². The summed E-state index contributed by atoms with van der Waals surface area (Å²) in [6.07, 6.45) is 3.27. The van der Waals surface area contributed by atoms with Gasteiger partial charge in [-0.3, -0.25) is 9.78 Å². The fraction of sp³-hybridized carbons (Fsp3) is 0.154. The Hall–Kier alpha value is -2.14. The van der Waals surface area contributed by atoms with E-state index in [1.807, 2.05) is 0 Å². The third-order valence-corrected chi connectivity index (χ3v) is 2.85. The van der Waals surface area contributed by atoms with Crippen molar-refractivity contribution < 1.29 is 4.79 Å². The van der Waals surface area contributed by atoms with Gasteiger partial charge in [-0.1, -0.05) is 11.6 Å². The number of halogens is 1. The Morgan fingerprint density at radius 1 is 1.32 bits per heavy atom. The van der Waals surface area contributed by atoms with Crippen LogP contribution in [-0.4, -0.2) is 30.0 Å². The Morgan fingerprint density at radius 2 is 2.00 bits per heavy atom. The molecule has 0 aliphatic rings. The van der Waals surface area contributed by atoms with E-state index in [1.54, 1.807) is 50.8 Å². The molecular formula is C13H13ClN4O. The fourth-order valence-corrected chi connectivity index (χ4v) is 1.84. The fourth-order valence-electron chi connectivity index (χ4n) is 1.63. The highest BCUT2D eigenvalue weighted by Gasteiger charge is 2.15. The monoisotopic (exact) mass is 276 g/mol. The van der Waals surface area contributed by atoms with Gasteiger partial charge in [0.25, 0.3) is 5.91 Å². The summed E-state index contributed by atoms with van der Waals surface area (Å²) in [5.41, 5.74) is 1.24. The van der Waals surface area contributed by atoms with Gasteiger partial charge in [-0.25, -0.2) is 4.98 Å². The molecule has 6 heteroatoms. The Bertz CT molecular complexity index is 588. The first-order valence-electron chi connectivity index (χ1n) is 5.65. The molecule has 0 aliphatic carbocycles. The van der Waals surface area contributed by atoms with Gasteiger partial charge in [-0.2, -0.15) is 0 Å². The smallest absolute Gasteiger partial charge is 0.258 e. The average molecular weight is 277 g/mol. The highest BCUT2D eigenvalue weighted by atomic mass is 35.5. The lowest BCUT2D eigenvalue weighted by Crippen LogP contribution is -2.26. The maximum atomic E-state index is 12.4. The second-order valence-corrected chi connectivity index (χ2v) is 4.27. The van der Waals surface area contributed by atoms with Crippen molar-refractivity contribution in [2.24, 2.45) is 0 Å². The molecule has 98 valence electrons. The number of carbonyl (C=O) groups excluding carboxylic acids is 1. The molecule has 0 aliphatic heterocycles. The quantitative estimate of drug-likeness (QED) is 0.875. The Labute approximate surface area is 116 Å². The van der Waals surface area contributed by atoms with Gasteiger partial charge in [0.05, 0.1) is 0 Å². The second-order valence-electron chi connectivity index (χ2n) is 3.88. The lowest BCUT2D eigenvalue weighted by molar-refractivity contribution is 0.0993. The number of nitrogens with zero attached hydrogens (tertiary/aromatic N) is 3. The number of aromatic nitrogens is 2. The predicted molar refractivity (Wildman–Crippen MR) is 75.8 cm³/mol. The van der Waals surface area contributed by atoms with Crippen molar-refractivity contribution in [3.05, 3.63) is 47.4 Å². The van der Waals surface area contributed by atoms with Crippen molar-refractivity contribution in [1.29, 1.82) is 0 Å². The number of pyridine rings is 2. The van der Waals surface area contributed by atoms with E-state index in [1.165, 1.54) is 4.90 Å². The van der Waals surface area contributed by atoms with Crippen LogP contribution in [0, 0.1) is 0 Å². The van der Waals surface area contributed by atoms with E-state index in [9.17, 15) is 4.79 Å². The summed E-state index contributed by atoms with van der Waals surface area (Å²) in [6.45, 7) is 0. The maximum Gasteiger partial charge on any atom is 0.258 e. The molecule has 0 radical (unpaired) electrons. The topological polar surface area (TPSA) is 58.1 Å². The molecule has 1 amide bonds. The number of carbonyl (C=O) groups is 1. The van der Waals surface area contributed by atoms with Crippen LogP contribution < -0.4 is 10.2 Å². The summed E-state index contributed by atoms with van der Waals surface area (Å²) in [6, 6.07) is 6.73. The molecule has 2 aromatic rings. The first-order valence-corrected chi connectivity index (χ1v) is 6.03. The van der Waals surface area contributed by atoms with Gasteiger partial charge in [0, 0.05) is 37.7 Å². The van der Waals surface area contributed by atoms with E-state index in [0.717, 1.165) is 5.69 Å². The molecule has 0 unspecified atom stereocenters. The van der Waals surface area contributed by atoms with Crippen LogP contribution in [0.15, 0.2) is 36.7 Å². The third kappa shape index (κ3) is 3.00. The zero-order valence-corrected chi connectivity index (χ0v) is 11.3. The van der Waals surface area contributed by atoms with Gasteiger partial charge in [0.2, 0.25) is 0 Å². The molecule has 2 heterocycles. The number of anilines is 2. The van der Waals surface area contributed by atoms with Crippen LogP contribution in [0.5, 0.6) is 0 Å². The van der Waals surface area contributed by atoms with Crippen LogP contribution >= 0.6 is 11.6 Å². The molecule has 0 fully saturated rings. The van der Waals surface area contributed by atoms with Gasteiger partial charge in [-0.15, -0.1) is 0 Å². The molecule has 1 N–H and O–H groups in total. The van der Waals surface area contributed by atoms with Gasteiger partial charge in [0.1, 0.15) is 11.0 Å². The van der Waals surface area contributed by atoms with Crippen molar-refractivity contribution in [2.75, 3.05) is 24.3 Å². The minimum absolute atomic E-state index is 0.160. The molecule has 0 spiro atoms. The molecule has 5 nitrogen and oxygen atoms in total. The molecule has 19 heavy (non-hydrogen) atoms.